The minimum Gasteiger partial charge on any atom is -0.381 e. The van der Waals surface area contributed by atoms with Crippen molar-refractivity contribution in [3.8, 4) is 0 Å². The molecule has 1 rings (SSSR count). The Bertz CT molecular complexity index is 304. The van der Waals surface area contributed by atoms with E-state index >= 15 is 0 Å². The highest BCUT2D eigenvalue weighted by atomic mass is 35.5. The van der Waals surface area contributed by atoms with E-state index in [4.69, 9.17) is 23.1 Å². The number of nitrogens with zero attached hydrogens (tertiary/aromatic N) is 2. The zero-order valence-corrected chi connectivity index (χ0v) is 8.50. The number of aromatic nitrogens is 2. The smallest absolute Gasteiger partial charge is 0.217 e. The largest absolute Gasteiger partial charge is 0.381 e. The van der Waals surface area contributed by atoms with Crippen LogP contribution in [-0.4, -0.2) is 15.7 Å². The summed E-state index contributed by atoms with van der Waals surface area (Å²) in [5.74, 6) is 0.0598. The molecule has 4 N–H and O–H groups in total. The van der Waals surface area contributed by atoms with Crippen LogP contribution in [0.2, 0.25) is 5.02 Å². The molecule has 1 aromatic heterocycles. The molecule has 0 aliphatic heterocycles. The second-order valence-electron chi connectivity index (χ2n) is 3.05. The lowest BCUT2D eigenvalue weighted by Gasteiger charge is -1.99. The first-order valence-electron chi connectivity index (χ1n) is 4.36. The predicted molar refractivity (Wildman–Crippen MR) is 54.7 cm³/mol. The Kier molecular flexibility index (Phi) is 3.76. The molecule has 1 amide bonds. The number of anilines is 1. The monoisotopic (exact) mass is 216 g/mol. The lowest BCUT2D eigenvalue weighted by Crippen LogP contribution is -2.10. The van der Waals surface area contributed by atoms with E-state index in [1.807, 2.05) is 0 Å². The molecule has 78 valence electrons. The highest BCUT2D eigenvalue weighted by Gasteiger charge is 2.02. The maximum Gasteiger partial charge on any atom is 0.217 e. The zero-order chi connectivity index (χ0) is 10.6. The van der Waals surface area contributed by atoms with E-state index in [9.17, 15) is 4.79 Å². The van der Waals surface area contributed by atoms with Crippen LogP contribution in [0.3, 0.4) is 0 Å². The van der Waals surface area contributed by atoms with Crippen molar-refractivity contribution in [3.05, 3.63) is 11.2 Å². The number of carbonyl (C=O) groups is 1. The molecule has 14 heavy (non-hydrogen) atoms. The van der Waals surface area contributed by atoms with Crippen molar-refractivity contribution in [2.75, 3.05) is 5.73 Å². The molecule has 0 aliphatic carbocycles. The van der Waals surface area contributed by atoms with Gasteiger partial charge in [-0.3, -0.25) is 9.48 Å². The van der Waals surface area contributed by atoms with Gasteiger partial charge >= 0.3 is 0 Å². The van der Waals surface area contributed by atoms with Crippen molar-refractivity contribution < 1.29 is 4.79 Å². The van der Waals surface area contributed by atoms with Crippen LogP contribution in [0.4, 0.5) is 5.82 Å². The van der Waals surface area contributed by atoms with Crippen molar-refractivity contribution in [2.24, 2.45) is 5.73 Å². The molecule has 0 aliphatic rings. The Hall–Kier alpha value is -1.23. The van der Waals surface area contributed by atoms with Crippen molar-refractivity contribution in [3.63, 3.8) is 0 Å². The number of rotatable bonds is 5. The van der Waals surface area contributed by atoms with E-state index in [1.54, 1.807) is 10.9 Å². The van der Waals surface area contributed by atoms with Gasteiger partial charge in [0.2, 0.25) is 5.91 Å². The first-order chi connectivity index (χ1) is 6.59. The van der Waals surface area contributed by atoms with Crippen LogP contribution in [0.15, 0.2) is 6.20 Å². The van der Waals surface area contributed by atoms with Gasteiger partial charge in [-0.2, -0.15) is 5.10 Å². The fourth-order valence-corrected chi connectivity index (χ4v) is 1.25. The fourth-order valence-electron chi connectivity index (χ4n) is 1.10. The van der Waals surface area contributed by atoms with Crippen LogP contribution in [0, 0.1) is 0 Å². The number of primary amides is 1. The number of hydrogen-bond acceptors (Lipinski definition) is 3. The standard InChI is InChI=1S/C8H13ClN4O/c9-6-5-13(12-8(6)11)4-2-1-3-7(10)14/h5H,1-4H2,(H2,10,14)(H2,11,12). The number of amides is 1. The Morgan fingerprint density at radius 1 is 1.57 bits per heavy atom. The molecule has 0 atom stereocenters. The van der Waals surface area contributed by atoms with Gasteiger partial charge < -0.3 is 11.5 Å². The molecule has 0 fully saturated rings. The number of unbranched alkanes of at least 4 members (excludes halogenated alkanes) is 1. The van der Waals surface area contributed by atoms with Crippen LogP contribution in [0.25, 0.3) is 0 Å². The second kappa shape index (κ2) is 4.85. The maximum absolute atomic E-state index is 10.4. The summed E-state index contributed by atoms with van der Waals surface area (Å²) in [5, 5.41) is 4.43. The van der Waals surface area contributed by atoms with Crippen LogP contribution in [0.5, 0.6) is 0 Å². The zero-order valence-electron chi connectivity index (χ0n) is 7.74. The van der Waals surface area contributed by atoms with Gasteiger partial charge in [0, 0.05) is 19.2 Å². The van der Waals surface area contributed by atoms with Gasteiger partial charge in [-0.1, -0.05) is 11.6 Å². The maximum atomic E-state index is 10.4. The molecule has 0 saturated heterocycles. The first-order valence-corrected chi connectivity index (χ1v) is 4.74. The summed E-state index contributed by atoms with van der Waals surface area (Å²) in [4.78, 5) is 10.4. The molecule has 6 heteroatoms. The van der Waals surface area contributed by atoms with E-state index in [0.29, 0.717) is 23.8 Å². The van der Waals surface area contributed by atoms with E-state index < -0.39 is 0 Å². The lowest BCUT2D eigenvalue weighted by molar-refractivity contribution is -0.118. The van der Waals surface area contributed by atoms with Gasteiger partial charge in [0.05, 0.1) is 0 Å². The molecule has 0 unspecified atom stereocenters. The summed E-state index contributed by atoms with van der Waals surface area (Å²) >= 11 is 5.71. The van der Waals surface area contributed by atoms with Gasteiger partial charge in [0.15, 0.2) is 5.82 Å². The highest BCUT2D eigenvalue weighted by Crippen LogP contribution is 2.15. The molecule has 0 radical (unpaired) electrons. The van der Waals surface area contributed by atoms with Crippen molar-refractivity contribution in [1.29, 1.82) is 0 Å². The number of nitrogen functional groups attached to an aromatic ring is 1. The lowest BCUT2D eigenvalue weighted by atomic mass is 10.2. The summed E-state index contributed by atoms with van der Waals surface area (Å²) in [6, 6.07) is 0. The van der Waals surface area contributed by atoms with Crippen LogP contribution >= 0.6 is 11.6 Å². The van der Waals surface area contributed by atoms with Gasteiger partial charge in [-0.25, -0.2) is 0 Å². The number of carbonyl (C=O) groups excluding carboxylic acids is 1. The molecule has 0 saturated carbocycles. The summed E-state index contributed by atoms with van der Waals surface area (Å²) in [6.45, 7) is 0.699. The van der Waals surface area contributed by atoms with Crippen molar-refractivity contribution in [2.45, 2.75) is 25.8 Å². The Labute approximate surface area is 87.0 Å². The van der Waals surface area contributed by atoms with E-state index in [2.05, 4.69) is 5.10 Å². The minimum atomic E-state index is -0.275. The van der Waals surface area contributed by atoms with Gasteiger partial charge in [0.1, 0.15) is 5.02 Å². The molecule has 0 spiro atoms. The molecule has 5 nitrogen and oxygen atoms in total. The number of aryl methyl sites for hydroxylation is 1. The molecular weight excluding hydrogens is 204 g/mol. The van der Waals surface area contributed by atoms with E-state index in [1.165, 1.54) is 0 Å². The third-order valence-corrected chi connectivity index (χ3v) is 2.09. The van der Waals surface area contributed by atoms with Crippen LogP contribution in [-0.2, 0) is 11.3 Å². The quantitative estimate of drug-likeness (QED) is 0.713. The summed E-state index contributed by atoms with van der Waals surface area (Å²) in [5.41, 5.74) is 10.5. The number of hydrogen-bond donors (Lipinski definition) is 2. The second-order valence-corrected chi connectivity index (χ2v) is 3.46. The Balaban J connectivity index is 2.28. The first kappa shape index (κ1) is 10.8. The summed E-state index contributed by atoms with van der Waals surface area (Å²) < 4.78 is 1.67. The average Bonchev–Trinajstić information content (AvgIpc) is 2.40. The Morgan fingerprint density at radius 3 is 2.79 bits per heavy atom. The molecule has 0 bridgehead atoms. The average molecular weight is 217 g/mol. The Morgan fingerprint density at radius 2 is 2.29 bits per heavy atom. The third-order valence-electron chi connectivity index (χ3n) is 1.80. The molecule has 0 aromatic carbocycles. The molecule has 1 heterocycles. The number of halogens is 1. The van der Waals surface area contributed by atoms with Crippen LogP contribution in [0.1, 0.15) is 19.3 Å². The van der Waals surface area contributed by atoms with Crippen molar-refractivity contribution in [1.82, 2.24) is 9.78 Å². The minimum absolute atomic E-state index is 0.275. The third kappa shape index (κ3) is 3.26. The molecular formula is C8H13ClN4O. The summed E-state index contributed by atoms with van der Waals surface area (Å²) in [7, 11) is 0. The van der Waals surface area contributed by atoms with E-state index in [-0.39, 0.29) is 5.91 Å². The van der Waals surface area contributed by atoms with Gasteiger partial charge in [-0.15, -0.1) is 0 Å². The predicted octanol–water partition coefficient (Wildman–Crippen LogP) is 0.774. The van der Waals surface area contributed by atoms with Gasteiger partial charge in [0.25, 0.3) is 0 Å². The highest BCUT2D eigenvalue weighted by molar-refractivity contribution is 6.32. The summed E-state index contributed by atoms with van der Waals surface area (Å²) in [6.07, 6.45) is 3.67. The topological polar surface area (TPSA) is 86.9 Å². The fraction of sp³-hybridized carbons (Fsp3) is 0.500. The van der Waals surface area contributed by atoms with Crippen LogP contribution < -0.4 is 11.5 Å². The SMILES string of the molecule is NC(=O)CCCCn1cc(Cl)c(N)n1. The number of nitrogens with two attached hydrogens (primary N) is 2. The molecule has 1 aromatic rings. The van der Waals surface area contributed by atoms with Crippen molar-refractivity contribution >= 4 is 23.3 Å². The normalized spacial score (nSPS) is 10.4. The van der Waals surface area contributed by atoms with Gasteiger partial charge in [-0.05, 0) is 12.8 Å². The van der Waals surface area contributed by atoms with E-state index in [0.717, 1.165) is 12.8 Å².